The van der Waals surface area contributed by atoms with Crippen molar-refractivity contribution in [1.29, 1.82) is 0 Å². The Bertz CT molecular complexity index is 594. The van der Waals surface area contributed by atoms with Crippen LogP contribution in [0, 0.1) is 5.92 Å². The van der Waals surface area contributed by atoms with E-state index in [0.717, 1.165) is 37.9 Å². The second-order valence-electron chi connectivity index (χ2n) is 6.40. The molecule has 0 radical (unpaired) electrons. The molecule has 3 aliphatic rings. The number of hydrogen-bond donors (Lipinski definition) is 0. The zero-order valence-electron chi connectivity index (χ0n) is 12.1. The number of anilines is 1. The first-order valence-electron chi connectivity index (χ1n) is 7.93. The van der Waals surface area contributed by atoms with Crippen molar-refractivity contribution in [3.05, 3.63) is 29.8 Å². The lowest BCUT2D eigenvalue weighted by Gasteiger charge is -2.31. The third-order valence-corrected chi connectivity index (χ3v) is 4.87. The van der Waals surface area contributed by atoms with Crippen molar-refractivity contribution in [2.75, 3.05) is 18.0 Å². The van der Waals surface area contributed by atoms with Gasteiger partial charge in [-0.1, -0.05) is 18.2 Å². The first-order valence-corrected chi connectivity index (χ1v) is 7.93. The summed E-state index contributed by atoms with van der Waals surface area (Å²) >= 11 is 0. The molecule has 4 rings (SSSR count). The predicted molar refractivity (Wildman–Crippen MR) is 80.0 cm³/mol. The zero-order valence-corrected chi connectivity index (χ0v) is 12.1. The maximum Gasteiger partial charge on any atom is 0.232 e. The molecule has 2 aliphatic heterocycles. The van der Waals surface area contributed by atoms with Gasteiger partial charge in [-0.15, -0.1) is 0 Å². The normalized spacial score (nSPS) is 25.1. The number of hydrogen-bond acceptors (Lipinski definition) is 2. The first-order chi connectivity index (χ1) is 10.2. The molecule has 2 amide bonds. The maximum absolute atomic E-state index is 12.8. The topological polar surface area (TPSA) is 40.6 Å². The van der Waals surface area contributed by atoms with Gasteiger partial charge in [-0.25, -0.2) is 0 Å². The molecule has 1 unspecified atom stereocenters. The Morgan fingerprint density at radius 3 is 2.81 bits per heavy atom. The molecular formula is C17H20N2O2. The average molecular weight is 284 g/mol. The molecule has 1 saturated heterocycles. The fourth-order valence-electron chi connectivity index (χ4n) is 3.62. The van der Waals surface area contributed by atoms with Crippen LogP contribution < -0.4 is 4.90 Å². The molecule has 1 aromatic carbocycles. The average Bonchev–Trinajstić information content (AvgIpc) is 3.28. The molecule has 4 heteroatoms. The molecule has 21 heavy (non-hydrogen) atoms. The Kier molecular flexibility index (Phi) is 2.98. The molecule has 1 atom stereocenters. The Morgan fingerprint density at radius 2 is 2.00 bits per heavy atom. The van der Waals surface area contributed by atoms with E-state index in [4.69, 9.17) is 0 Å². The summed E-state index contributed by atoms with van der Waals surface area (Å²) in [6, 6.07) is 8.57. The number of amides is 2. The van der Waals surface area contributed by atoms with Crippen molar-refractivity contribution >= 4 is 17.5 Å². The second kappa shape index (κ2) is 4.86. The Balaban J connectivity index is 1.55. The number of carbonyl (C=O) groups excluding carboxylic acids is 2. The van der Waals surface area contributed by atoms with Crippen LogP contribution in [0.2, 0.25) is 0 Å². The monoisotopic (exact) mass is 284 g/mol. The van der Waals surface area contributed by atoms with Crippen LogP contribution in [-0.2, 0) is 16.0 Å². The molecule has 0 aromatic heterocycles. The summed E-state index contributed by atoms with van der Waals surface area (Å²) < 4.78 is 0. The van der Waals surface area contributed by atoms with Crippen molar-refractivity contribution < 1.29 is 9.59 Å². The lowest BCUT2D eigenvalue weighted by molar-refractivity contribution is -0.128. The summed E-state index contributed by atoms with van der Waals surface area (Å²) in [5, 5.41) is 0. The summed E-state index contributed by atoms with van der Waals surface area (Å²) in [7, 11) is 0. The summed E-state index contributed by atoms with van der Waals surface area (Å²) in [4.78, 5) is 28.7. The van der Waals surface area contributed by atoms with E-state index < -0.39 is 0 Å². The Hall–Kier alpha value is -1.84. The highest BCUT2D eigenvalue weighted by atomic mass is 16.2. The minimum Gasteiger partial charge on any atom is -0.339 e. The maximum atomic E-state index is 12.8. The number of carbonyl (C=O) groups is 2. The molecule has 110 valence electrons. The quantitative estimate of drug-likeness (QED) is 0.833. The second-order valence-corrected chi connectivity index (χ2v) is 6.40. The smallest absolute Gasteiger partial charge is 0.232 e. The van der Waals surface area contributed by atoms with Gasteiger partial charge in [0, 0.05) is 31.2 Å². The van der Waals surface area contributed by atoms with Crippen LogP contribution in [0.15, 0.2) is 24.3 Å². The van der Waals surface area contributed by atoms with Crippen molar-refractivity contribution in [3.8, 4) is 0 Å². The van der Waals surface area contributed by atoms with Crippen LogP contribution in [0.1, 0.15) is 31.2 Å². The minimum atomic E-state index is -0.149. The van der Waals surface area contributed by atoms with Crippen LogP contribution in [0.4, 0.5) is 5.69 Å². The van der Waals surface area contributed by atoms with E-state index >= 15 is 0 Å². The SMILES string of the molecule is O=C(C1CC(=O)N(C2CC2)C1)N1CCCc2ccccc21. The lowest BCUT2D eigenvalue weighted by atomic mass is 9.99. The number of rotatable bonds is 2. The number of fused-ring (bicyclic) bond motifs is 1. The van der Waals surface area contributed by atoms with E-state index in [1.807, 2.05) is 28.0 Å². The molecule has 2 fully saturated rings. The third kappa shape index (κ3) is 2.23. The highest BCUT2D eigenvalue weighted by Crippen LogP contribution is 2.35. The molecule has 1 saturated carbocycles. The predicted octanol–water partition coefficient (Wildman–Crippen LogP) is 1.98. The highest BCUT2D eigenvalue weighted by Gasteiger charge is 2.43. The highest BCUT2D eigenvalue weighted by molar-refractivity contribution is 5.99. The van der Waals surface area contributed by atoms with Gasteiger partial charge >= 0.3 is 0 Å². The molecule has 2 heterocycles. The van der Waals surface area contributed by atoms with Gasteiger partial charge in [0.25, 0.3) is 0 Å². The van der Waals surface area contributed by atoms with Crippen LogP contribution in [-0.4, -0.2) is 35.8 Å². The van der Waals surface area contributed by atoms with Gasteiger partial charge in [-0.05, 0) is 37.3 Å². The van der Waals surface area contributed by atoms with E-state index in [9.17, 15) is 9.59 Å². The molecular weight excluding hydrogens is 264 g/mol. The van der Waals surface area contributed by atoms with E-state index in [2.05, 4.69) is 6.07 Å². The van der Waals surface area contributed by atoms with Gasteiger partial charge in [0.05, 0.1) is 5.92 Å². The molecule has 1 aromatic rings. The molecule has 0 bridgehead atoms. The number of aryl methyl sites for hydroxylation is 1. The van der Waals surface area contributed by atoms with Gasteiger partial charge in [0.2, 0.25) is 11.8 Å². The number of nitrogens with zero attached hydrogens (tertiary/aromatic N) is 2. The number of likely N-dealkylation sites (tertiary alicyclic amines) is 1. The van der Waals surface area contributed by atoms with Crippen LogP contribution in [0.3, 0.4) is 0 Å². The Labute approximate surface area is 124 Å². The van der Waals surface area contributed by atoms with Gasteiger partial charge in [0.15, 0.2) is 0 Å². The van der Waals surface area contributed by atoms with Crippen LogP contribution in [0.5, 0.6) is 0 Å². The Morgan fingerprint density at radius 1 is 1.19 bits per heavy atom. The minimum absolute atomic E-state index is 0.138. The summed E-state index contributed by atoms with van der Waals surface area (Å²) in [6.45, 7) is 1.41. The summed E-state index contributed by atoms with van der Waals surface area (Å²) in [5.41, 5.74) is 2.30. The summed E-state index contributed by atoms with van der Waals surface area (Å²) in [6.07, 6.45) is 4.67. The number of para-hydroxylation sites is 1. The zero-order chi connectivity index (χ0) is 14.4. The molecule has 0 N–H and O–H groups in total. The fraction of sp³-hybridized carbons (Fsp3) is 0.529. The first kappa shape index (κ1) is 12.9. The van der Waals surface area contributed by atoms with E-state index in [1.165, 1.54) is 5.56 Å². The van der Waals surface area contributed by atoms with Crippen LogP contribution >= 0.6 is 0 Å². The van der Waals surface area contributed by atoms with Crippen molar-refractivity contribution in [1.82, 2.24) is 4.90 Å². The van der Waals surface area contributed by atoms with Gasteiger partial charge < -0.3 is 9.80 Å². The van der Waals surface area contributed by atoms with Gasteiger partial charge in [-0.3, -0.25) is 9.59 Å². The number of benzene rings is 1. The van der Waals surface area contributed by atoms with Gasteiger partial charge in [-0.2, -0.15) is 0 Å². The largest absolute Gasteiger partial charge is 0.339 e. The van der Waals surface area contributed by atoms with Crippen molar-refractivity contribution in [2.24, 2.45) is 5.92 Å². The lowest BCUT2D eigenvalue weighted by Crippen LogP contribution is -2.40. The molecule has 1 aliphatic carbocycles. The third-order valence-electron chi connectivity index (χ3n) is 4.87. The van der Waals surface area contributed by atoms with Crippen molar-refractivity contribution in [2.45, 2.75) is 38.1 Å². The summed E-state index contributed by atoms with van der Waals surface area (Å²) in [5.74, 6) is 0.157. The van der Waals surface area contributed by atoms with Crippen molar-refractivity contribution in [3.63, 3.8) is 0 Å². The fourth-order valence-corrected chi connectivity index (χ4v) is 3.62. The van der Waals surface area contributed by atoms with E-state index in [1.54, 1.807) is 0 Å². The molecule has 4 nitrogen and oxygen atoms in total. The van der Waals surface area contributed by atoms with E-state index in [-0.39, 0.29) is 17.7 Å². The van der Waals surface area contributed by atoms with E-state index in [0.29, 0.717) is 19.0 Å². The molecule has 0 spiro atoms. The van der Waals surface area contributed by atoms with Crippen LogP contribution in [0.25, 0.3) is 0 Å². The van der Waals surface area contributed by atoms with Gasteiger partial charge in [0.1, 0.15) is 0 Å². The standard InChI is InChI=1S/C17H20N2O2/c20-16-10-13(11-19(16)14-7-8-14)17(21)18-9-3-5-12-4-1-2-6-15(12)18/h1-2,4,6,13-14H,3,5,7-11H2.